The summed E-state index contributed by atoms with van der Waals surface area (Å²) in [5.74, 6) is 2.46. The number of rotatable bonds is 3. The van der Waals surface area contributed by atoms with Crippen molar-refractivity contribution < 1.29 is 9.32 Å². The van der Waals surface area contributed by atoms with Crippen molar-refractivity contribution in [2.24, 2.45) is 5.73 Å². The largest absolute Gasteiger partial charge is 0.337 e. The van der Waals surface area contributed by atoms with Crippen LogP contribution < -0.4 is 5.73 Å². The monoisotopic (exact) mass is 344 g/mol. The minimum Gasteiger partial charge on any atom is -0.337 e. The Hall–Kier alpha value is -1.86. The van der Waals surface area contributed by atoms with Crippen LogP contribution in [0, 0.1) is 0 Å². The Kier molecular flexibility index (Phi) is 4.05. The van der Waals surface area contributed by atoms with E-state index in [9.17, 15) is 4.79 Å². The second-order valence-corrected chi connectivity index (χ2v) is 7.48. The van der Waals surface area contributed by atoms with E-state index < -0.39 is 5.54 Å². The van der Waals surface area contributed by atoms with Crippen molar-refractivity contribution in [2.75, 3.05) is 11.6 Å². The maximum Gasteiger partial charge on any atom is 0.255 e. The molecule has 1 aliphatic carbocycles. The van der Waals surface area contributed by atoms with Crippen LogP contribution in [0.3, 0.4) is 0 Å². The van der Waals surface area contributed by atoms with Crippen LogP contribution in [0.4, 0.5) is 0 Å². The van der Waals surface area contributed by atoms with Crippen LogP contribution in [0.5, 0.6) is 0 Å². The summed E-state index contributed by atoms with van der Waals surface area (Å²) >= 11 is 1.69. The van der Waals surface area contributed by atoms with E-state index in [4.69, 9.17) is 10.3 Å². The number of hydrogen-bond donors (Lipinski definition) is 1. The quantitative estimate of drug-likeness (QED) is 0.921. The standard InChI is InChI=1S/C17H20N4O2S/c18-17(8-4-5-9-17)16-19-14(23-20-16)13-10-24-11-21(13)15(22)12-6-2-1-3-7-12/h1-3,6-7,13H,4-5,8-11,18H2. The lowest BCUT2D eigenvalue weighted by atomic mass is 9.99. The van der Waals surface area contributed by atoms with Gasteiger partial charge < -0.3 is 15.2 Å². The summed E-state index contributed by atoms with van der Waals surface area (Å²) in [4.78, 5) is 19.1. The third-order valence-electron chi connectivity index (χ3n) is 4.83. The molecule has 1 amide bonds. The lowest BCUT2D eigenvalue weighted by molar-refractivity contribution is 0.0722. The van der Waals surface area contributed by atoms with E-state index in [2.05, 4.69) is 10.1 Å². The Bertz CT molecular complexity index is 727. The van der Waals surface area contributed by atoms with E-state index in [1.807, 2.05) is 30.3 Å². The minimum atomic E-state index is -0.470. The van der Waals surface area contributed by atoms with Crippen LogP contribution >= 0.6 is 11.8 Å². The average Bonchev–Trinajstić information content (AvgIpc) is 3.34. The molecule has 1 unspecified atom stereocenters. The molecule has 0 bridgehead atoms. The van der Waals surface area contributed by atoms with Crippen molar-refractivity contribution in [3.8, 4) is 0 Å². The topological polar surface area (TPSA) is 85.2 Å². The molecule has 7 heteroatoms. The van der Waals surface area contributed by atoms with E-state index in [-0.39, 0.29) is 11.9 Å². The number of amides is 1. The molecule has 1 aliphatic heterocycles. The van der Waals surface area contributed by atoms with Crippen LogP contribution in [-0.4, -0.2) is 32.6 Å². The summed E-state index contributed by atoms with van der Waals surface area (Å²) < 4.78 is 5.49. The first-order valence-electron chi connectivity index (χ1n) is 8.24. The predicted molar refractivity (Wildman–Crippen MR) is 91.3 cm³/mol. The van der Waals surface area contributed by atoms with Gasteiger partial charge in [0.2, 0.25) is 5.89 Å². The zero-order valence-electron chi connectivity index (χ0n) is 13.4. The Morgan fingerprint density at radius 3 is 2.79 bits per heavy atom. The smallest absolute Gasteiger partial charge is 0.255 e. The van der Waals surface area contributed by atoms with Gasteiger partial charge in [-0.15, -0.1) is 11.8 Å². The van der Waals surface area contributed by atoms with Crippen molar-refractivity contribution in [2.45, 2.75) is 37.3 Å². The third kappa shape index (κ3) is 2.71. The summed E-state index contributed by atoms with van der Waals surface area (Å²) in [6, 6.07) is 9.11. The molecule has 1 atom stereocenters. The first-order chi connectivity index (χ1) is 11.7. The van der Waals surface area contributed by atoms with Gasteiger partial charge in [0, 0.05) is 11.3 Å². The van der Waals surface area contributed by atoms with Gasteiger partial charge in [0.25, 0.3) is 5.91 Å². The van der Waals surface area contributed by atoms with Gasteiger partial charge in [0.1, 0.15) is 6.04 Å². The maximum absolute atomic E-state index is 12.8. The highest BCUT2D eigenvalue weighted by molar-refractivity contribution is 7.99. The molecule has 24 heavy (non-hydrogen) atoms. The highest BCUT2D eigenvalue weighted by Crippen LogP contribution is 2.37. The Balaban J connectivity index is 1.57. The van der Waals surface area contributed by atoms with Gasteiger partial charge in [-0.25, -0.2) is 0 Å². The number of aromatic nitrogens is 2. The van der Waals surface area contributed by atoms with Gasteiger partial charge in [-0.2, -0.15) is 4.98 Å². The fraction of sp³-hybridized carbons (Fsp3) is 0.471. The van der Waals surface area contributed by atoms with Crippen molar-refractivity contribution in [1.29, 1.82) is 0 Å². The number of carbonyl (C=O) groups excluding carboxylic acids is 1. The lowest BCUT2D eigenvalue weighted by Gasteiger charge is -2.21. The van der Waals surface area contributed by atoms with Crippen LogP contribution in [0.2, 0.25) is 0 Å². The molecule has 0 radical (unpaired) electrons. The third-order valence-corrected chi connectivity index (χ3v) is 5.84. The van der Waals surface area contributed by atoms with E-state index in [0.717, 1.165) is 31.4 Å². The van der Waals surface area contributed by atoms with E-state index in [0.29, 0.717) is 23.2 Å². The molecule has 6 nitrogen and oxygen atoms in total. The van der Waals surface area contributed by atoms with Crippen LogP contribution in [-0.2, 0) is 5.54 Å². The number of thioether (sulfide) groups is 1. The summed E-state index contributed by atoms with van der Waals surface area (Å²) in [6.45, 7) is 0. The molecule has 4 rings (SSSR count). The molecule has 1 saturated carbocycles. The molecule has 1 aromatic heterocycles. The molecule has 2 heterocycles. The van der Waals surface area contributed by atoms with Gasteiger partial charge in [-0.05, 0) is 25.0 Å². The van der Waals surface area contributed by atoms with Crippen LogP contribution in [0.15, 0.2) is 34.9 Å². The van der Waals surface area contributed by atoms with Gasteiger partial charge in [-0.3, -0.25) is 4.79 Å². The van der Waals surface area contributed by atoms with Gasteiger partial charge in [0.05, 0.1) is 11.4 Å². The number of carbonyl (C=O) groups is 1. The van der Waals surface area contributed by atoms with E-state index in [1.165, 1.54) is 0 Å². The van der Waals surface area contributed by atoms with E-state index >= 15 is 0 Å². The second kappa shape index (κ2) is 6.22. The van der Waals surface area contributed by atoms with Crippen LogP contribution in [0.1, 0.15) is 53.8 Å². The fourth-order valence-electron chi connectivity index (χ4n) is 3.40. The molecule has 1 saturated heterocycles. The number of nitrogens with two attached hydrogens (primary N) is 1. The lowest BCUT2D eigenvalue weighted by Crippen LogP contribution is -2.35. The summed E-state index contributed by atoms with van der Waals surface area (Å²) in [5, 5.41) is 4.12. The summed E-state index contributed by atoms with van der Waals surface area (Å²) in [5.41, 5.74) is 6.61. The minimum absolute atomic E-state index is 0.00585. The van der Waals surface area contributed by atoms with Gasteiger partial charge in [0.15, 0.2) is 5.82 Å². The zero-order valence-corrected chi connectivity index (χ0v) is 14.2. The highest BCUT2D eigenvalue weighted by atomic mass is 32.2. The summed E-state index contributed by atoms with van der Waals surface area (Å²) in [6.07, 6.45) is 3.96. The fourth-order valence-corrected chi connectivity index (χ4v) is 4.54. The zero-order chi connectivity index (χ0) is 16.6. The number of benzene rings is 1. The molecule has 2 aromatic rings. The molecular formula is C17H20N4O2S. The van der Waals surface area contributed by atoms with Crippen molar-refractivity contribution in [3.63, 3.8) is 0 Å². The number of nitrogens with zero attached hydrogens (tertiary/aromatic N) is 3. The summed E-state index contributed by atoms with van der Waals surface area (Å²) in [7, 11) is 0. The van der Waals surface area contributed by atoms with Crippen molar-refractivity contribution >= 4 is 17.7 Å². The molecule has 2 aliphatic rings. The first kappa shape index (κ1) is 15.7. The second-order valence-electron chi connectivity index (χ2n) is 6.48. The van der Waals surface area contributed by atoms with Gasteiger partial charge >= 0.3 is 0 Å². The van der Waals surface area contributed by atoms with E-state index in [1.54, 1.807) is 16.7 Å². The van der Waals surface area contributed by atoms with Crippen molar-refractivity contribution in [1.82, 2.24) is 15.0 Å². The molecule has 126 valence electrons. The van der Waals surface area contributed by atoms with Crippen molar-refractivity contribution in [3.05, 3.63) is 47.6 Å². The number of hydrogen-bond acceptors (Lipinski definition) is 6. The highest BCUT2D eigenvalue weighted by Gasteiger charge is 2.39. The molecular weight excluding hydrogens is 324 g/mol. The molecule has 2 N–H and O–H groups in total. The predicted octanol–water partition coefficient (Wildman–Crippen LogP) is 2.69. The first-order valence-corrected chi connectivity index (χ1v) is 9.40. The Morgan fingerprint density at radius 2 is 2.04 bits per heavy atom. The maximum atomic E-state index is 12.8. The SMILES string of the molecule is NC1(c2noc(C3CSCN3C(=O)c3ccccc3)n2)CCCC1. The Morgan fingerprint density at radius 1 is 1.29 bits per heavy atom. The normalized spacial score (nSPS) is 22.9. The molecule has 2 fully saturated rings. The van der Waals surface area contributed by atoms with Gasteiger partial charge in [-0.1, -0.05) is 36.2 Å². The van der Waals surface area contributed by atoms with Crippen LogP contribution in [0.25, 0.3) is 0 Å². The molecule has 1 aromatic carbocycles. The average molecular weight is 344 g/mol. The molecule has 0 spiro atoms. The Labute approximate surface area is 144 Å².